The van der Waals surface area contributed by atoms with E-state index in [-0.39, 0.29) is 22.0 Å². The van der Waals surface area contributed by atoms with E-state index in [1.54, 1.807) is 41.0 Å². The lowest BCUT2D eigenvalue weighted by atomic mass is 9.83. The number of benzene rings is 3. The Hall–Kier alpha value is -4.53. The molecule has 1 unspecified atom stereocenters. The number of aryl methyl sites for hydroxylation is 1. The zero-order valence-electron chi connectivity index (χ0n) is 21.3. The summed E-state index contributed by atoms with van der Waals surface area (Å²) in [5.74, 6) is -0.792. The minimum atomic E-state index is -1.36. The van der Waals surface area contributed by atoms with E-state index >= 15 is 0 Å². The van der Waals surface area contributed by atoms with Gasteiger partial charge in [0.15, 0.2) is 4.80 Å². The number of hydrogen-bond acceptors (Lipinski definition) is 6. The molecule has 0 amide bonds. The summed E-state index contributed by atoms with van der Waals surface area (Å²) in [6.07, 6.45) is 3.24. The molecule has 9 heteroatoms. The SMILES string of the molecule is O=C([O-])c1ccc(-c2ccc(/C=c3/sc4n(c3=O)C(c3ccc(F)cc3)C3=C(N=4)c4ccccc4CC3)o2)cc1Cl. The predicted molar refractivity (Wildman–Crippen MR) is 153 cm³/mol. The van der Waals surface area contributed by atoms with Crippen molar-refractivity contribution in [2.45, 2.75) is 18.9 Å². The van der Waals surface area contributed by atoms with Crippen LogP contribution in [0.15, 0.2) is 98.6 Å². The van der Waals surface area contributed by atoms with Crippen molar-refractivity contribution in [3.63, 3.8) is 0 Å². The van der Waals surface area contributed by atoms with Crippen molar-refractivity contribution in [1.29, 1.82) is 0 Å². The monoisotopic (exact) mass is 581 g/mol. The summed E-state index contributed by atoms with van der Waals surface area (Å²) in [5, 5.41) is 11.2. The number of carbonyl (C=O) groups is 1. The molecular formula is C32H19ClFN2O4S-. The summed E-state index contributed by atoms with van der Waals surface area (Å²) in [6, 6.07) is 21.9. The molecule has 0 radical (unpaired) electrons. The number of hydrogen-bond donors (Lipinski definition) is 0. The van der Waals surface area contributed by atoms with Gasteiger partial charge in [-0.25, -0.2) is 9.38 Å². The first-order valence-electron chi connectivity index (χ1n) is 12.9. The lowest BCUT2D eigenvalue weighted by Gasteiger charge is -2.30. The van der Waals surface area contributed by atoms with E-state index in [1.807, 2.05) is 12.1 Å². The standard InChI is InChI=1S/C32H20ClFN2O4S/c33-25-15-19(8-12-23(25)31(38)39)26-14-11-21(40-26)16-27-30(37)36-29(18-5-9-20(34)10-6-18)24-13-7-17-3-1-2-4-22(17)28(24)35-32(36)41-27/h1-6,8-12,14-16,29H,7,13H2,(H,38,39)/p-1/b27-16+. The van der Waals surface area contributed by atoms with E-state index in [2.05, 4.69) is 12.1 Å². The van der Waals surface area contributed by atoms with Gasteiger partial charge in [-0.2, -0.15) is 0 Å². The molecule has 0 saturated heterocycles. The van der Waals surface area contributed by atoms with Crippen molar-refractivity contribution >= 4 is 40.7 Å². The van der Waals surface area contributed by atoms with Crippen LogP contribution in [0.5, 0.6) is 0 Å². The van der Waals surface area contributed by atoms with E-state index in [1.165, 1.54) is 41.2 Å². The second-order valence-corrected chi connectivity index (χ2v) is 11.3. The van der Waals surface area contributed by atoms with Crippen molar-refractivity contribution < 1.29 is 18.7 Å². The molecule has 0 saturated carbocycles. The Labute approximate surface area is 241 Å². The highest BCUT2D eigenvalue weighted by Gasteiger charge is 2.32. The molecule has 1 aliphatic heterocycles. The Kier molecular flexibility index (Phi) is 6.10. The Morgan fingerprint density at radius 1 is 1.07 bits per heavy atom. The van der Waals surface area contributed by atoms with Gasteiger partial charge in [0, 0.05) is 22.8 Å². The van der Waals surface area contributed by atoms with Crippen molar-refractivity contribution in [3.8, 4) is 11.3 Å². The topological polar surface area (TPSA) is 87.6 Å². The van der Waals surface area contributed by atoms with Gasteiger partial charge in [0.25, 0.3) is 5.56 Å². The maximum absolute atomic E-state index is 13.9. The minimum absolute atomic E-state index is 0.0418. The molecule has 202 valence electrons. The fourth-order valence-electron chi connectivity index (χ4n) is 5.52. The maximum atomic E-state index is 13.9. The van der Waals surface area contributed by atoms with Crippen LogP contribution < -0.4 is 20.0 Å². The van der Waals surface area contributed by atoms with Crippen LogP contribution in [0.2, 0.25) is 5.02 Å². The number of aromatic carboxylic acids is 1. The van der Waals surface area contributed by atoms with Gasteiger partial charge < -0.3 is 14.3 Å². The fraction of sp³-hybridized carbons (Fsp3) is 0.0938. The Balaban J connectivity index is 1.36. The van der Waals surface area contributed by atoms with Crippen LogP contribution in [0.1, 0.15) is 45.3 Å². The van der Waals surface area contributed by atoms with Crippen molar-refractivity contribution in [1.82, 2.24) is 4.57 Å². The highest BCUT2D eigenvalue weighted by atomic mass is 35.5. The van der Waals surface area contributed by atoms with Crippen LogP contribution in [-0.4, -0.2) is 10.5 Å². The second-order valence-electron chi connectivity index (χ2n) is 9.85. The number of fused-ring (bicyclic) bond motifs is 3. The molecule has 41 heavy (non-hydrogen) atoms. The minimum Gasteiger partial charge on any atom is -0.545 e. The third-order valence-corrected chi connectivity index (χ3v) is 8.73. The third kappa shape index (κ3) is 4.36. The molecule has 7 rings (SSSR count). The lowest BCUT2D eigenvalue weighted by molar-refractivity contribution is -0.255. The Bertz CT molecular complexity index is 2090. The maximum Gasteiger partial charge on any atom is 0.271 e. The summed E-state index contributed by atoms with van der Waals surface area (Å²) in [4.78, 5) is 30.6. The lowest BCUT2D eigenvalue weighted by Crippen LogP contribution is -2.38. The molecular weight excluding hydrogens is 563 g/mol. The van der Waals surface area contributed by atoms with Gasteiger partial charge in [-0.15, -0.1) is 0 Å². The fourth-order valence-corrected chi connectivity index (χ4v) is 6.75. The van der Waals surface area contributed by atoms with Crippen LogP contribution in [0.4, 0.5) is 4.39 Å². The number of carbonyl (C=O) groups excluding carboxylic acids is 1. The summed E-state index contributed by atoms with van der Waals surface area (Å²) in [6.45, 7) is 0. The number of carboxylic acid groups (broad SMARTS) is 1. The largest absolute Gasteiger partial charge is 0.545 e. The number of rotatable bonds is 4. The van der Waals surface area contributed by atoms with Gasteiger partial charge in [0.1, 0.15) is 17.3 Å². The van der Waals surface area contributed by atoms with Crippen molar-refractivity contribution in [2.24, 2.45) is 4.99 Å². The van der Waals surface area contributed by atoms with E-state index in [0.717, 1.165) is 35.2 Å². The molecule has 1 aliphatic carbocycles. The first kappa shape index (κ1) is 25.4. The van der Waals surface area contributed by atoms with E-state index < -0.39 is 12.0 Å². The summed E-state index contributed by atoms with van der Waals surface area (Å²) < 4.78 is 22.0. The number of halogens is 2. The quantitative estimate of drug-likeness (QED) is 0.307. The normalized spacial score (nSPS) is 16.1. The summed E-state index contributed by atoms with van der Waals surface area (Å²) >= 11 is 7.37. The zero-order valence-corrected chi connectivity index (χ0v) is 22.8. The van der Waals surface area contributed by atoms with E-state index in [9.17, 15) is 19.1 Å². The predicted octanol–water partition coefficient (Wildman–Crippen LogP) is 4.73. The third-order valence-electron chi connectivity index (χ3n) is 7.43. The van der Waals surface area contributed by atoms with E-state index in [0.29, 0.717) is 26.4 Å². The number of aromatic nitrogens is 1. The van der Waals surface area contributed by atoms with Gasteiger partial charge >= 0.3 is 0 Å². The van der Waals surface area contributed by atoms with Gasteiger partial charge in [-0.1, -0.05) is 71.5 Å². The number of nitrogens with zero attached hydrogens (tertiary/aromatic N) is 2. The number of carboxylic acids is 1. The Morgan fingerprint density at radius 2 is 1.88 bits per heavy atom. The number of furan rings is 1. The first-order chi connectivity index (χ1) is 19.9. The van der Waals surface area contributed by atoms with Gasteiger partial charge in [0.2, 0.25) is 0 Å². The van der Waals surface area contributed by atoms with Crippen molar-refractivity contribution in [2.75, 3.05) is 0 Å². The first-order valence-corrected chi connectivity index (χ1v) is 14.1. The van der Waals surface area contributed by atoms with Crippen LogP contribution in [-0.2, 0) is 6.42 Å². The second kappa shape index (κ2) is 9.83. The van der Waals surface area contributed by atoms with Gasteiger partial charge in [-0.3, -0.25) is 9.36 Å². The molecule has 0 spiro atoms. The average molecular weight is 582 g/mol. The molecule has 6 nitrogen and oxygen atoms in total. The van der Waals surface area contributed by atoms with Gasteiger partial charge in [-0.05, 0) is 59.9 Å². The number of allylic oxidation sites excluding steroid dienone is 1. The highest BCUT2D eigenvalue weighted by molar-refractivity contribution is 7.07. The van der Waals surface area contributed by atoms with E-state index in [4.69, 9.17) is 21.0 Å². The van der Waals surface area contributed by atoms with Crippen LogP contribution in [0.3, 0.4) is 0 Å². The Morgan fingerprint density at radius 3 is 2.66 bits per heavy atom. The molecule has 2 aliphatic rings. The smallest absolute Gasteiger partial charge is 0.271 e. The van der Waals surface area contributed by atoms with Crippen LogP contribution >= 0.6 is 22.9 Å². The molecule has 0 bridgehead atoms. The summed E-state index contributed by atoms with van der Waals surface area (Å²) in [5.41, 5.74) is 5.25. The average Bonchev–Trinajstić information content (AvgIpc) is 3.56. The highest BCUT2D eigenvalue weighted by Crippen LogP contribution is 2.41. The van der Waals surface area contributed by atoms with Crippen LogP contribution in [0, 0.1) is 5.82 Å². The number of thiazole rings is 1. The molecule has 1 atom stereocenters. The van der Waals surface area contributed by atoms with Crippen molar-refractivity contribution in [3.05, 3.63) is 143 Å². The van der Waals surface area contributed by atoms with Gasteiger partial charge in [0.05, 0.1) is 27.3 Å². The molecule has 2 aromatic heterocycles. The molecule has 5 aromatic rings. The molecule has 0 fully saturated rings. The van der Waals surface area contributed by atoms with Crippen LogP contribution in [0.25, 0.3) is 23.1 Å². The molecule has 0 N–H and O–H groups in total. The molecule has 3 aromatic carbocycles. The zero-order chi connectivity index (χ0) is 28.2. The molecule has 3 heterocycles. The summed E-state index contributed by atoms with van der Waals surface area (Å²) in [7, 11) is 0.